The molecule has 0 amide bonds. The molecule has 0 aromatic heterocycles. The average molecular weight is 318 g/mol. The molecule has 0 fully saturated rings. The molecule has 3 rings (SSSR count). The first-order valence-corrected chi connectivity index (χ1v) is 6.77. The van der Waals surface area contributed by atoms with Crippen molar-refractivity contribution in [3.05, 3.63) is 63.6 Å². The van der Waals surface area contributed by atoms with Crippen molar-refractivity contribution >= 4 is 27.6 Å². The number of hydrogen-bond acceptors (Lipinski definition) is 3. The number of rotatable bonds is 2. The van der Waals surface area contributed by atoms with Gasteiger partial charge in [-0.05, 0) is 36.8 Å². The lowest BCUT2D eigenvalue weighted by Gasteiger charge is -2.16. The summed E-state index contributed by atoms with van der Waals surface area (Å²) in [7, 11) is 0. The first-order valence-electron chi connectivity index (χ1n) is 5.98. The van der Waals surface area contributed by atoms with E-state index in [2.05, 4.69) is 21.2 Å². The zero-order valence-corrected chi connectivity index (χ0v) is 11.9. The molecule has 1 atom stereocenters. The molecule has 0 aliphatic carbocycles. The van der Waals surface area contributed by atoms with Gasteiger partial charge in [0.1, 0.15) is 0 Å². The Hall–Kier alpha value is -1.81. The predicted molar refractivity (Wildman–Crippen MR) is 77.1 cm³/mol. The molecule has 0 spiro atoms. The largest absolute Gasteiger partial charge is 0.434 e. The fourth-order valence-electron chi connectivity index (χ4n) is 2.18. The van der Waals surface area contributed by atoms with Crippen LogP contribution in [-0.2, 0) is 4.74 Å². The van der Waals surface area contributed by atoms with Crippen LogP contribution >= 0.6 is 15.9 Å². The fourth-order valence-corrected chi connectivity index (χ4v) is 2.66. The molecule has 1 heterocycles. The van der Waals surface area contributed by atoms with Crippen LogP contribution in [0.3, 0.4) is 0 Å². The van der Waals surface area contributed by atoms with E-state index in [0.29, 0.717) is 5.56 Å². The Morgan fingerprint density at radius 3 is 2.79 bits per heavy atom. The van der Waals surface area contributed by atoms with Gasteiger partial charge in [0, 0.05) is 15.7 Å². The summed E-state index contributed by atoms with van der Waals surface area (Å²) in [5.41, 5.74) is 3.57. The van der Waals surface area contributed by atoms with Crippen molar-refractivity contribution < 1.29 is 9.53 Å². The highest BCUT2D eigenvalue weighted by molar-refractivity contribution is 9.10. The van der Waals surface area contributed by atoms with Crippen LogP contribution in [0.1, 0.15) is 27.7 Å². The molecule has 0 saturated heterocycles. The van der Waals surface area contributed by atoms with Crippen molar-refractivity contribution in [1.29, 1.82) is 0 Å². The number of carbonyl (C=O) groups is 1. The van der Waals surface area contributed by atoms with E-state index in [1.165, 1.54) is 0 Å². The Bertz CT molecular complexity index is 654. The van der Waals surface area contributed by atoms with Crippen LogP contribution in [0.5, 0.6) is 0 Å². The highest BCUT2D eigenvalue weighted by Gasteiger charge is 2.30. The summed E-state index contributed by atoms with van der Waals surface area (Å²) < 4.78 is 6.39. The first-order chi connectivity index (χ1) is 9.15. The summed E-state index contributed by atoms with van der Waals surface area (Å²) in [4.78, 5) is 11.7. The average Bonchev–Trinajstić information content (AvgIpc) is 2.71. The number of cyclic esters (lactones) is 1. The highest BCUT2D eigenvalue weighted by Crippen LogP contribution is 2.32. The molecular formula is C15H12BrNO2. The molecule has 0 unspecified atom stereocenters. The summed E-state index contributed by atoms with van der Waals surface area (Å²) in [6.07, 6.45) is -0.413. The van der Waals surface area contributed by atoms with Gasteiger partial charge in [-0.15, -0.1) is 0 Å². The molecule has 1 aliphatic rings. The van der Waals surface area contributed by atoms with Gasteiger partial charge in [-0.25, -0.2) is 4.79 Å². The summed E-state index contributed by atoms with van der Waals surface area (Å²) in [6, 6.07) is 13.4. The van der Waals surface area contributed by atoms with Crippen LogP contribution in [0.15, 0.2) is 46.9 Å². The van der Waals surface area contributed by atoms with Gasteiger partial charge in [-0.3, -0.25) is 0 Å². The van der Waals surface area contributed by atoms with Crippen molar-refractivity contribution in [2.24, 2.45) is 0 Å². The lowest BCUT2D eigenvalue weighted by atomic mass is 10.1. The van der Waals surface area contributed by atoms with Gasteiger partial charge in [0.15, 0.2) is 0 Å². The van der Waals surface area contributed by atoms with Crippen LogP contribution in [0.2, 0.25) is 0 Å². The molecule has 2 aromatic rings. The number of fused-ring (bicyclic) bond motifs is 1. The number of esters is 1. The van der Waals surface area contributed by atoms with E-state index in [-0.39, 0.29) is 5.97 Å². The summed E-state index contributed by atoms with van der Waals surface area (Å²) in [5.74, 6) is -0.275. The van der Waals surface area contributed by atoms with Crippen molar-refractivity contribution in [3.63, 3.8) is 0 Å². The summed E-state index contributed by atoms with van der Waals surface area (Å²) in [5, 5.41) is 3.26. The van der Waals surface area contributed by atoms with Crippen molar-refractivity contribution in [3.8, 4) is 0 Å². The molecule has 19 heavy (non-hydrogen) atoms. The van der Waals surface area contributed by atoms with Crippen LogP contribution in [-0.4, -0.2) is 5.97 Å². The Morgan fingerprint density at radius 2 is 2.00 bits per heavy atom. The second-order valence-corrected chi connectivity index (χ2v) is 5.39. The SMILES string of the molecule is Cc1cc(Br)ccc1N[C@@H]1OC(=O)c2ccccc21. The normalized spacial score (nSPS) is 16.9. The van der Waals surface area contributed by atoms with Gasteiger partial charge in [-0.2, -0.15) is 0 Å². The zero-order valence-electron chi connectivity index (χ0n) is 10.3. The maximum absolute atomic E-state index is 11.7. The van der Waals surface area contributed by atoms with Crippen molar-refractivity contribution in [1.82, 2.24) is 0 Å². The van der Waals surface area contributed by atoms with E-state index >= 15 is 0 Å². The lowest BCUT2D eigenvalue weighted by Crippen LogP contribution is -2.11. The third-order valence-corrected chi connectivity index (χ3v) is 3.66. The Kier molecular flexibility index (Phi) is 3.03. The van der Waals surface area contributed by atoms with Crippen LogP contribution in [0.25, 0.3) is 0 Å². The molecule has 3 nitrogen and oxygen atoms in total. The van der Waals surface area contributed by atoms with Crippen LogP contribution in [0.4, 0.5) is 5.69 Å². The number of carbonyl (C=O) groups excluding carboxylic acids is 1. The maximum Gasteiger partial charge on any atom is 0.340 e. The summed E-state index contributed by atoms with van der Waals surface area (Å²) >= 11 is 3.43. The number of nitrogens with one attached hydrogen (secondary N) is 1. The Labute approximate surface area is 119 Å². The van der Waals surface area contributed by atoms with Crippen LogP contribution in [0, 0.1) is 6.92 Å². The van der Waals surface area contributed by atoms with E-state index in [1.54, 1.807) is 6.07 Å². The fraction of sp³-hybridized carbons (Fsp3) is 0.133. The van der Waals surface area contributed by atoms with E-state index < -0.39 is 6.23 Å². The molecule has 0 radical (unpaired) electrons. The standard InChI is InChI=1S/C15H12BrNO2/c1-9-8-10(16)6-7-13(9)17-14-11-4-2-3-5-12(11)15(18)19-14/h2-8,14,17H,1H3/t14-/m1/s1. The van der Waals surface area contributed by atoms with E-state index in [9.17, 15) is 4.79 Å². The van der Waals surface area contributed by atoms with Crippen LogP contribution < -0.4 is 5.32 Å². The van der Waals surface area contributed by atoms with Gasteiger partial charge in [0.25, 0.3) is 0 Å². The smallest absolute Gasteiger partial charge is 0.340 e. The van der Waals surface area contributed by atoms with Gasteiger partial charge in [0.05, 0.1) is 5.56 Å². The molecule has 1 aliphatic heterocycles. The predicted octanol–water partition coefficient (Wildman–Crippen LogP) is 4.04. The number of anilines is 1. The van der Waals surface area contributed by atoms with Gasteiger partial charge in [0.2, 0.25) is 6.23 Å². The number of hydrogen-bond donors (Lipinski definition) is 1. The quantitative estimate of drug-likeness (QED) is 0.849. The molecule has 96 valence electrons. The minimum Gasteiger partial charge on any atom is -0.434 e. The second kappa shape index (κ2) is 4.70. The lowest BCUT2D eigenvalue weighted by molar-refractivity contribution is 0.0437. The number of benzene rings is 2. The minimum atomic E-state index is -0.413. The molecule has 2 aromatic carbocycles. The first kappa shape index (κ1) is 12.2. The van der Waals surface area contributed by atoms with Gasteiger partial charge in [-0.1, -0.05) is 34.1 Å². The van der Waals surface area contributed by atoms with Gasteiger partial charge < -0.3 is 10.1 Å². The molecule has 4 heteroatoms. The Morgan fingerprint density at radius 1 is 1.21 bits per heavy atom. The Balaban J connectivity index is 1.91. The van der Waals surface area contributed by atoms with E-state index in [0.717, 1.165) is 21.3 Å². The zero-order chi connectivity index (χ0) is 13.4. The molecule has 1 N–H and O–H groups in total. The number of ether oxygens (including phenoxy) is 1. The topological polar surface area (TPSA) is 38.3 Å². The molecule has 0 bridgehead atoms. The van der Waals surface area contributed by atoms with E-state index in [4.69, 9.17) is 4.74 Å². The maximum atomic E-state index is 11.7. The minimum absolute atomic E-state index is 0.275. The van der Waals surface area contributed by atoms with Crippen molar-refractivity contribution in [2.45, 2.75) is 13.2 Å². The highest BCUT2D eigenvalue weighted by atomic mass is 79.9. The van der Waals surface area contributed by atoms with Gasteiger partial charge >= 0.3 is 5.97 Å². The molecule has 0 saturated carbocycles. The third kappa shape index (κ3) is 2.24. The monoisotopic (exact) mass is 317 g/mol. The number of halogens is 1. The second-order valence-electron chi connectivity index (χ2n) is 4.48. The summed E-state index contributed by atoms with van der Waals surface area (Å²) in [6.45, 7) is 2.01. The van der Waals surface area contributed by atoms with E-state index in [1.807, 2.05) is 43.3 Å². The van der Waals surface area contributed by atoms with Crippen molar-refractivity contribution in [2.75, 3.05) is 5.32 Å². The third-order valence-electron chi connectivity index (χ3n) is 3.16. The number of aryl methyl sites for hydroxylation is 1. The molecular weight excluding hydrogens is 306 g/mol.